The number of aromatic nitrogens is 4. The molecule has 2 aromatic carbocycles. The molecular weight excluding hydrogens is 322 g/mol. The third-order valence-corrected chi connectivity index (χ3v) is 4.73. The van der Waals surface area contributed by atoms with Crippen LogP contribution in [0.15, 0.2) is 55.0 Å². The van der Waals surface area contributed by atoms with E-state index in [4.69, 9.17) is 0 Å². The van der Waals surface area contributed by atoms with Gasteiger partial charge in [0.15, 0.2) is 5.65 Å². The average molecular weight is 343 g/mol. The van der Waals surface area contributed by atoms with Gasteiger partial charge in [-0.25, -0.2) is 14.6 Å². The molecule has 130 valence electrons. The zero-order valence-corrected chi connectivity index (χ0v) is 15.2. The van der Waals surface area contributed by atoms with Crippen molar-refractivity contribution in [3.63, 3.8) is 0 Å². The Labute approximate surface area is 152 Å². The third kappa shape index (κ3) is 2.92. The molecule has 0 spiro atoms. The monoisotopic (exact) mass is 343 g/mol. The molecule has 4 aromatic rings. The molecule has 0 aliphatic rings. The summed E-state index contributed by atoms with van der Waals surface area (Å²) in [6.07, 6.45) is 4.42. The zero-order chi connectivity index (χ0) is 18.1. The van der Waals surface area contributed by atoms with Gasteiger partial charge in [-0.1, -0.05) is 25.1 Å². The Hall–Kier alpha value is -3.21. The van der Waals surface area contributed by atoms with Crippen LogP contribution < -0.4 is 5.32 Å². The lowest BCUT2D eigenvalue weighted by atomic mass is 10.1. The molecule has 2 aromatic heterocycles. The molecule has 4 rings (SSSR count). The van der Waals surface area contributed by atoms with Crippen molar-refractivity contribution in [1.82, 2.24) is 19.7 Å². The van der Waals surface area contributed by atoms with E-state index in [2.05, 4.69) is 83.6 Å². The molecule has 0 saturated carbocycles. The Morgan fingerprint density at radius 2 is 1.77 bits per heavy atom. The molecule has 2 heterocycles. The molecule has 0 saturated heterocycles. The highest BCUT2D eigenvalue weighted by atomic mass is 15.3. The van der Waals surface area contributed by atoms with Gasteiger partial charge in [-0.3, -0.25) is 0 Å². The Morgan fingerprint density at radius 3 is 2.50 bits per heavy atom. The predicted molar refractivity (Wildman–Crippen MR) is 105 cm³/mol. The second-order valence-corrected chi connectivity index (χ2v) is 6.46. The van der Waals surface area contributed by atoms with Gasteiger partial charge in [-0.15, -0.1) is 0 Å². The summed E-state index contributed by atoms with van der Waals surface area (Å²) in [5.74, 6) is 0.759. The fourth-order valence-electron chi connectivity index (χ4n) is 2.95. The van der Waals surface area contributed by atoms with Crippen LogP contribution in [0, 0.1) is 13.8 Å². The van der Waals surface area contributed by atoms with E-state index < -0.39 is 0 Å². The third-order valence-electron chi connectivity index (χ3n) is 4.73. The molecule has 5 heteroatoms. The molecule has 1 N–H and O–H groups in total. The quantitative estimate of drug-likeness (QED) is 0.581. The van der Waals surface area contributed by atoms with E-state index >= 15 is 0 Å². The Morgan fingerprint density at radius 1 is 0.962 bits per heavy atom. The SMILES string of the molecule is CCc1ccc(Nc2ncnc3c2cnn3-c2ccc(C)c(C)c2)cc1. The summed E-state index contributed by atoms with van der Waals surface area (Å²) in [6.45, 7) is 6.36. The van der Waals surface area contributed by atoms with Gasteiger partial charge < -0.3 is 5.32 Å². The van der Waals surface area contributed by atoms with Gasteiger partial charge in [0.2, 0.25) is 0 Å². The van der Waals surface area contributed by atoms with Gasteiger partial charge in [0.1, 0.15) is 12.1 Å². The summed E-state index contributed by atoms with van der Waals surface area (Å²) in [5.41, 5.74) is 6.59. The second-order valence-electron chi connectivity index (χ2n) is 6.46. The zero-order valence-electron chi connectivity index (χ0n) is 15.2. The summed E-state index contributed by atoms with van der Waals surface area (Å²) in [7, 11) is 0. The van der Waals surface area contributed by atoms with Crippen LogP contribution in [0.3, 0.4) is 0 Å². The summed E-state index contributed by atoms with van der Waals surface area (Å²) in [6, 6.07) is 14.7. The fourth-order valence-corrected chi connectivity index (χ4v) is 2.95. The highest BCUT2D eigenvalue weighted by Crippen LogP contribution is 2.25. The van der Waals surface area contributed by atoms with Gasteiger partial charge in [-0.05, 0) is 61.2 Å². The standard InChI is InChI=1S/C21H21N5/c1-4-16-6-8-17(9-7-16)25-20-19-12-24-26(21(19)23-13-22-20)18-10-5-14(2)15(3)11-18/h5-13H,4H2,1-3H3,(H,22,23,25). The van der Waals surface area contributed by atoms with Crippen LogP contribution in [-0.4, -0.2) is 19.7 Å². The lowest BCUT2D eigenvalue weighted by molar-refractivity contribution is 0.893. The maximum Gasteiger partial charge on any atom is 0.168 e. The molecule has 0 amide bonds. The molecule has 26 heavy (non-hydrogen) atoms. The van der Waals surface area contributed by atoms with Crippen molar-refractivity contribution < 1.29 is 0 Å². The largest absolute Gasteiger partial charge is 0.340 e. The minimum absolute atomic E-state index is 0.759. The molecule has 0 unspecified atom stereocenters. The first-order chi connectivity index (χ1) is 12.7. The molecule has 0 bridgehead atoms. The van der Waals surface area contributed by atoms with E-state index in [0.717, 1.165) is 34.6 Å². The molecular formula is C21H21N5. The summed E-state index contributed by atoms with van der Waals surface area (Å²) >= 11 is 0. The molecule has 5 nitrogen and oxygen atoms in total. The number of rotatable bonds is 4. The average Bonchev–Trinajstić information content (AvgIpc) is 3.10. The van der Waals surface area contributed by atoms with Crippen LogP contribution in [0.25, 0.3) is 16.7 Å². The van der Waals surface area contributed by atoms with Gasteiger partial charge >= 0.3 is 0 Å². The number of aryl methyl sites for hydroxylation is 3. The lowest BCUT2D eigenvalue weighted by Crippen LogP contribution is -2.00. The van der Waals surface area contributed by atoms with Crippen LogP contribution in [0.4, 0.5) is 11.5 Å². The number of benzene rings is 2. The smallest absolute Gasteiger partial charge is 0.168 e. The number of nitrogens with one attached hydrogen (secondary N) is 1. The Kier molecular flexibility index (Phi) is 4.13. The van der Waals surface area contributed by atoms with E-state index in [9.17, 15) is 0 Å². The van der Waals surface area contributed by atoms with Crippen LogP contribution in [0.2, 0.25) is 0 Å². The minimum atomic E-state index is 0.759. The van der Waals surface area contributed by atoms with Gasteiger partial charge in [0, 0.05) is 5.69 Å². The number of nitrogens with zero attached hydrogens (tertiary/aromatic N) is 4. The van der Waals surface area contributed by atoms with E-state index in [1.54, 1.807) is 6.33 Å². The predicted octanol–water partition coefficient (Wildman–Crippen LogP) is 4.74. The van der Waals surface area contributed by atoms with E-state index in [1.165, 1.54) is 16.7 Å². The van der Waals surface area contributed by atoms with Gasteiger partial charge in [0.25, 0.3) is 0 Å². The first-order valence-electron chi connectivity index (χ1n) is 8.78. The Bertz CT molecular complexity index is 1060. The number of hydrogen-bond acceptors (Lipinski definition) is 4. The molecule has 0 fully saturated rings. The maximum absolute atomic E-state index is 4.54. The topological polar surface area (TPSA) is 55.6 Å². The molecule has 0 atom stereocenters. The maximum atomic E-state index is 4.54. The van der Waals surface area contributed by atoms with Gasteiger partial charge in [-0.2, -0.15) is 5.10 Å². The molecule has 0 aliphatic heterocycles. The normalized spacial score (nSPS) is 11.0. The molecule has 0 radical (unpaired) electrons. The fraction of sp³-hybridized carbons (Fsp3) is 0.190. The van der Waals surface area contributed by atoms with Crippen molar-refractivity contribution in [3.05, 3.63) is 71.7 Å². The van der Waals surface area contributed by atoms with Crippen LogP contribution in [0.1, 0.15) is 23.6 Å². The lowest BCUT2D eigenvalue weighted by Gasteiger charge is -2.08. The van der Waals surface area contributed by atoms with Crippen molar-refractivity contribution in [1.29, 1.82) is 0 Å². The van der Waals surface area contributed by atoms with Crippen LogP contribution in [-0.2, 0) is 6.42 Å². The minimum Gasteiger partial charge on any atom is -0.340 e. The Balaban J connectivity index is 1.73. The van der Waals surface area contributed by atoms with Crippen molar-refractivity contribution in [2.24, 2.45) is 0 Å². The molecule has 0 aliphatic carbocycles. The summed E-state index contributed by atoms with van der Waals surface area (Å²) < 4.78 is 1.86. The van der Waals surface area contributed by atoms with Crippen LogP contribution in [0.5, 0.6) is 0 Å². The summed E-state index contributed by atoms with van der Waals surface area (Å²) in [5, 5.41) is 8.81. The van der Waals surface area contributed by atoms with Crippen molar-refractivity contribution in [2.45, 2.75) is 27.2 Å². The first-order valence-corrected chi connectivity index (χ1v) is 8.78. The van der Waals surface area contributed by atoms with E-state index in [1.807, 2.05) is 10.9 Å². The van der Waals surface area contributed by atoms with E-state index in [0.29, 0.717) is 0 Å². The van der Waals surface area contributed by atoms with Crippen molar-refractivity contribution in [2.75, 3.05) is 5.32 Å². The van der Waals surface area contributed by atoms with Crippen molar-refractivity contribution in [3.8, 4) is 5.69 Å². The first kappa shape index (κ1) is 16.3. The number of hydrogen-bond donors (Lipinski definition) is 1. The number of fused-ring (bicyclic) bond motifs is 1. The summed E-state index contributed by atoms with van der Waals surface area (Å²) in [4.78, 5) is 8.86. The van der Waals surface area contributed by atoms with Crippen LogP contribution >= 0.6 is 0 Å². The van der Waals surface area contributed by atoms with E-state index in [-0.39, 0.29) is 0 Å². The van der Waals surface area contributed by atoms with Crippen molar-refractivity contribution >= 4 is 22.5 Å². The highest BCUT2D eigenvalue weighted by Gasteiger charge is 2.12. The number of anilines is 2. The van der Waals surface area contributed by atoms with Gasteiger partial charge in [0.05, 0.1) is 17.3 Å². The highest BCUT2D eigenvalue weighted by molar-refractivity contribution is 5.89. The second kappa shape index (κ2) is 6.59.